The summed E-state index contributed by atoms with van der Waals surface area (Å²) >= 11 is 0. The molecule has 102 valence electrons. The fraction of sp³-hybridized carbons (Fsp3) is 0.533. The molecule has 1 unspecified atom stereocenters. The van der Waals surface area contributed by atoms with Crippen LogP contribution in [0.2, 0.25) is 0 Å². The van der Waals surface area contributed by atoms with E-state index in [2.05, 4.69) is 17.3 Å². The molecule has 2 rings (SSSR count). The number of benzene rings is 1. The zero-order chi connectivity index (χ0) is 13.8. The third-order valence-corrected chi connectivity index (χ3v) is 3.78. The summed E-state index contributed by atoms with van der Waals surface area (Å²) < 4.78 is 13.7. The standard InChI is InChI=1S/C15H20FN3/c1-11-14(16)8-12(10-17)9-15(11)18-13-4-3-6-19(2)7-5-13/h8-9,13,18H,3-7H2,1-2H3. The zero-order valence-corrected chi connectivity index (χ0v) is 11.5. The van der Waals surface area contributed by atoms with Gasteiger partial charge < -0.3 is 10.2 Å². The number of halogens is 1. The van der Waals surface area contributed by atoms with Crippen LogP contribution in [0.15, 0.2) is 12.1 Å². The summed E-state index contributed by atoms with van der Waals surface area (Å²) in [6, 6.07) is 5.40. The Kier molecular flexibility index (Phi) is 4.39. The van der Waals surface area contributed by atoms with E-state index in [1.165, 1.54) is 6.07 Å². The first-order valence-electron chi connectivity index (χ1n) is 6.75. The van der Waals surface area contributed by atoms with Crippen molar-refractivity contribution in [2.24, 2.45) is 0 Å². The smallest absolute Gasteiger partial charge is 0.129 e. The van der Waals surface area contributed by atoms with Crippen LogP contribution in [0.1, 0.15) is 30.4 Å². The van der Waals surface area contributed by atoms with Crippen molar-refractivity contribution in [2.75, 3.05) is 25.5 Å². The van der Waals surface area contributed by atoms with Gasteiger partial charge in [0.25, 0.3) is 0 Å². The SMILES string of the molecule is Cc1c(F)cc(C#N)cc1NC1CCCN(C)CC1. The normalized spacial score (nSPS) is 20.6. The maximum Gasteiger partial charge on any atom is 0.129 e. The molecule has 19 heavy (non-hydrogen) atoms. The van der Waals surface area contributed by atoms with E-state index in [-0.39, 0.29) is 5.82 Å². The van der Waals surface area contributed by atoms with Gasteiger partial charge in [-0.15, -0.1) is 0 Å². The molecule has 0 aromatic heterocycles. The van der Waals surface area contributed by atoms with Crippen molar-refractivity contribution in [1.82, 2.24) is 4.90 Å². The number of nitriles is 1. The van der Waals surface area contributed by atoms with E-state index >= 15 is 0 Å². The predicted octanol–water partition coefficient (Wildman–Crippen LogP) is 2.90. The van der Waals surface area contributed by atoms with E-state index in [0.29, 0.717) is 17.2 Å². The molecule has 1 aliphatic heterocycles. The number of hydrogen-bond donors (Lipinski definition) is 1. The van der Waals surface area contributed by atoms with E-state index in [1.54, 1.807) is 13.0 Å². The van der Waals surface area contributed by atoms with Gasteiger partial charge in [-0.3, -0.25) is 0 Å². The van der Waals surface area contributed by atoms with E-state index in [0.717, 1.165) is 38.0 Å². The van der Waals surface area contributed by atoms with Crippen LogP contribution < -0.4 is 5.32 Å². The summed E-state index contributed by atoms with van der Waals surface area (Å²) in [7, 11) is 2.13. The van der Waals surface area contributed by atoms with E-state index < -0.39 is 0 Å². The molecule has 1 fully saturated rings. The van der Waals surface area contributed by atoms with Gasteiger partial charge in [0.15, 0.2) is 0 Å². The minimum atomic E-state index is -0.313. The predicted molar refractivity (Wildman–Crippen MR) is 74.6 cm³/mol. The van der Waals surface area contributed by atoms with Crippen molar-refractivity contribution in [3.63, 3.8) is 0 Å². The highest BCUT2D eigenvalue weighted by atomic mass is 19.1. The molecule has 4 heteroatoms. The highest BCUT2D eigenvalue weighted by molar-refractivity contribution is 5.56. The summed E-state index contributed by atoms with van der Waals surface area (Å²) in [5.41, 5.74) is 1.72. The highest BCUT2D eigenvalue weighted by Gasteiger charge is 2.16. The molecule has 1 saturated heterocycles. The number of likely N-dealkylation sites (tertiary alicyclic amines) is 1. The largest absolute Gasteiger partial charge is 0.382 e. The molecule has 0 amide bonds. The van der Waals surface area contributed by atoms with E-state index in [1.807, 2.05) is 6.07 Å². The Morgan fingerprint density at radius 2 is 2.16 bits per heavy atom. The second kappa shape index (κ2) is 6.03. The van der Waals surface area contributed by atoms with Gasteiger partial charge in [0.05, 0.1) is 11.6 Å². The van der Waals surface area contributed by atoms with Gasteiger partial charge in [-0.05, 0) is 58.5 Å². The lowest BCUT2D eigenvalue weighted by atomic mass is 10.1. The van der Waals surface area contributed by atoms with Crippen LogP contribution in [-0.2, 0) is 0 Å². The molecular weight excluding hydrogens is 241 g/mol. The average molecular weight is 261 g/mol. The van der Waals surface area contributed by atoms with Crippen molar-refractivity contribution in [3.8, 4) is 6.07 Å². The quantitative estimate of drug-likeness (QED) is 0.889. The first-order chi connectivity index (χ1) is 9.10. The Balaban J connectivity index is 2.14. The number of anilines is 1. The lowest BCUT2D eigenvalue weighted by molar-refractivity contribution is 0.348. The molecular formula is C15H20FN3. The Bertz CT molecular complexity index is 493. The maximum atomic E-state index is 13.7. The summed E-state index contributed by atoms with van der Waals surface area (Å²) in [5.74, 6) is -0.313. The van der Waals surface area contributed by atoms with E-state index in [4.69, 9.17) is 5.26 Å². The molecule has 1 aliphatic rings. The molecule has 0 saturated carbocycles. The topological polar surface area (TPSA) is 39.1 Å². The number of rotatable bonds is 2. The monoisotopic (exact) mass is 261 g/mol. The third-order valence-electron chi connectivity index (χ3n) is 3.78. The molecule has 1 heterocycles. The first kappa shape index (κ1) is 13.8. The van der Waals surface area contributed by atoms with Gasteiger partial charge in [0.1, 0.15) is 5.82 Å². The fourth-order valence-electron chi connectivity index (χ4n) is 2.50. The second-order valence-electron chi connectivity index (χ2n) is 5.32. The second-order valence-corrected chi connectivity index (χ2v) is 5.32. The van der Waals surface area contributed by atoms with Crippen molar-refractivity contribution in [1.29, 1.82) is 5.26 Å². The minimum Gasteiger partial charge on any atom is -0.382 e. The molecule has 0 radical (unpaired) electrons. The summed E-state index contributed by atoms with van der Waals surface area (Å²) in [6.07, 6.45) is 3.28. The number of hydrogen-bond acceptors (Lipinski definition) is 3. The lowest BCUT2D eigenvalue weighted by Crippen LogP contribution is -2.23. The Labute approximate surface area is 114 Å². The molecule has 0 aliphatic carbocycles. The molecule has 1 atom stereocenters. The Morgan fingerprint density at radius 1 is 1.37 bits per heavy atom. The van der Waals surface area contributed by atoms with Crippen LogP contribution in [0.25, 0.3) is 0 Å². The number of nitrogens with zero attached hydrogens (tertiary/aromatic N) is 2. The molecule has 0 bridgehead atoms. The molecule has 3 nitrogen and oxygen atoms in total. The molecule has 1 aromatic carbocycles. The maximum absolute atomic E-state index is 13.7. The van der Waals surface area contributed by atoms with Crippen LogP contribution >= 0.6 is 0 Å². The molecule has 1 aromatic rings. The van der Waals surface area contributed by atoms with Crippen LogP contribution in [-0.4, -0.2) is 31.1 Å². The van der Waals surface area contributed by atoms with Crippen LogP contribution in [0.5, 0.6) is 0 Å². The van der Waals surface area contributed by atoms with Gasteiger partial charge in [-0.2, -0.15) is 5.26 Å². The van der Waals surface area contributed by atoms with Crippen molar-refractivity contribution >= 4 is 5.69 Å². The first-order valence-corrected chi connectivity index (χ1v) is 6.75. The van der Waals surface area contributed by atoms with Crippen molar-refractivity contribution in [2.45, 2.75) is 32.2 Å². The minimum absolute atomic E-state index is 0.313. The average Bonchev–Trinajstić information content (AvgIpc) is 2.59. The summed E-state index contributed by atoms with van der Waals surface area (Å²) in [4.78, 5) is 2.32. The molecule has 0 spiro atoms. The van der Waals surface area contributed by atoms with Gasteiger partial charge >= 0.3 is 0 Å². The van der Waals surface area contributed by atoms with Crippen LogP contribution in [0.4, 0.5) is 10.1 Å². The van der Waals surface area contributed by atoms with Crippen LogP contribution in [0, 0.1) is 24.1 Å². The zero-order valence-electron chi connectivity index (χ0n) is 11.5. The van der Waals surface area contributed by atoms with Gasteiger partial charge in [-0.1, -0.05) is 0 Å². The van der Waals surface area contributed by atoms with Crippen molar-refractivity contribution < 1.29 is 4.39 Å². The third kappa shape index (κ3) is 3.45. The van der Waals surface area contributed by atoms with Gasteiger partial charge in [0, 0.05) is 17.3 Å². The number of nitrogens with one attached hydrogen (secondary N) is 1. The summed E-state index contributed by atoms with van der Waals surface area (Å²) in [6.45, 7) is 3.92. The lowest BCUT2D eigenvalue weighted by Gasteiger charge is -2.20. The Morgan fingerprint density at radius 3 is 2.89 bits per heavy atom. The van der Waals surface area contributed by atoms with E-state index in [9.17, 15) is 4.39 Å². The fourth-order valence-corrected chi connectivity index (χ4v) is 2.50. The highest BCUT2D eigenvalue weighted by Crippen LogP contribution is 2.23. The summed E-state index contributed by atoms with van der Waals surface area (Å²) in [5, 5.41) is 12.3. The van der Waals surface area contributed by atoms with Gasteiger partial charge in [0.2, 0.25) is 0 Å². The van der Waals surface area contributed by atoms with Crippen LogP contribution in [0.3, 0.4) is 0 Å². The Hall–Kier alpha value is -1.60. The molecule has 1 N–H and O–H groups in total. The van der Waals surface area contributed by atoms with Gasteiger partial charge in [-0.25, -0.2) is 4.39 Å². The van der Waals surface area contributed by atoms with Crippen molar-refractivity contribution in [3.05, 3.63) is 29.1 Å².